The predicted molar refractivity (Wildman–Crippen MR) is 96.6 cm³/mol. The molecule has 128 valence electrons. The van der Waals surface area contributed by atoms with Crippen LogP contribution in [-0.4, -0.2) is 30.2 Å². The maximum Gasteiger partial charge on any atom is 0.293 e. The summed E-state index contributed by atoms with van der Waals surface area (Å²) in [7, 11) is 1.64. The molecule has 26 heavy (non-hydrogen) atoms. The van der Waals surface area contributed by atoms with Crippen LogP contribution >= 0.6 is 0 Å². The molecule has 8 heteroatoms. The Bertz CT molecular complexity index is 1180. The van der Waals surface area contributed by atoms with Gasteiger partial charge in [0, 0.05) is 67.1 Å². The molecule has 4 aromatic rings. The number of nitrogens with one attached hydrogen (secondary N) is 1. The van der Waals surface area contributed by atoms with E-state index in [1.165, 1.54) is 10.8 Å². The van der Waals surface area contributed by atoms with E-state index in [0.29, 0.717) is 28.8 Å². The Labute approximate surface area is 147 Å². The Morgan fingerprint density at radius 1 is 1.19 bits per heavy atom. The zero-order chi connectivity index (χ0) is 18.1. The molecule has 0 aliphatic carbocycles. The van der Waals surface area contributed by atoms with Crippen molar-refractivity contribution >= 4 is 23.4 Å². The van der Waals surface area contributed by atoms with Gasteiger partial charge in [0.2, 0.25) is 0 Å². The Morgan fingerprint density at radius 2 is 2.08 bits per heavy atom. The van der Waals surface area contributed by atoms with Crippen LogP contribution in [0.3, 0.4) is 0 Å². The first-order chi connectivity index (χ1) is 12.7. The number of carbonyl (C=O) groups is 1. The average molecular weight is 346 g/mol. The Kier molecular flexibility index (Phi) is 3.77. The molecule has 0 fully saturated rings. The smallest absolute Gasteiger partial charge is 0.293 e. The normalized spacial score (nSPS) is 10.8. The van der Waals surface area contributed by atoms with Crippen LogP contribution in [0.2, 0.25) is 0 Å². The molecule has 0 atom stereocenters. The Morgan fingerprint density at radius 3 is 2.92 bits per heavy atom. The summed E-state index contributed by atoms with van der Waals surface area (Å²) in [6, 6.07) is 5.33. The average Bonchev–Trinajstić information content (AvgIpc) is 3.13. The van der Waals surface area contributed by atoms with Crippen molar-refractivity contribution in [3.8, 4) is 11.3 Å². The van der Waals surface area contributed by atoms with Gasteiger partial charge in [-0.25, -0.2) is 9.97 Å². The number of aromatic nitrogens is 5. The highest BCUT2D eigenvalue weighted by Gasteiger charge is 2.12. The number of hydrogen-bond donors (Lipinski definition) is 1. The summed E-state index contributed by atoms with van der Waals surface area (Å²) < 4.78 is 3.29. The first-order valence-corrected chi connectivity index (χ1v) is 7.82. The van der Waals surface area contributed by atoms with Gasteiger partial charge in [-0.05, 0) is 12.1 Å². The van der Waals surface area contributed by atoms with Crippen molar-refractivity contribution in [3.63, 3.8) is 0 Å². The number of hydrogen-bond acceptors (Lipinski definition) is 6. The molecule has 0 spiro atoms. The lowest BCUT2D eigenvalue weighted by Crippen LogP contribution is -2.21. The van der Waals surface area contributed by atoms with Crippen LogP contribution in [0.15, 0.2) is 60.2 Å². The number of aryl methyl sites for hydroxylation is 1. The van der Waals surface area contributed by atoms with E-state index in [1.54, 1.807) is 31.7 Å². The highest BCUT2D eigenvalue weighted by Crippen LogP contribution is 2.21. The molecular formula is C18H14N6O2. The van der Waals surface area contributed by atoms with Crippen LogP contribution in [0, 0.1) is 0 Å². The molecule has 0 aliphatic heterocycles. The third-order valence-electron chi connectivity index (χ3n) is 3.99. The van der Waals surface area contributed by atoms with Gasteiger partial charge in [-0.1, -0.05) is 0 Å². The van der Waals surface area contributed by atoms with Crippen LogP contribution in [0.1, 0.15) is 10.4 Å². The second kappa shape index (κ2) is 6.25. The maximum absolute atomic E-state index is 12.5. The quantitative estimate of drug-likeness (QED) is 0.568. The van der Waals surface area contributed by atoms with Gasteiger partial charge in [-0.15, -0.1) is 0 Å². The standard InChI is InChI=1S/C18H14N6O2/c1-23-10-15(14-2-4-19-9-12(14)11-25)22-17(18(23)26)21-13-3-6-24-7-5-20-16(24)8-13/h2-11H,1H3,(H,21,22). The van der Waals surface area contributed by atoms with E-state index in [9.17, 15) is 9.59 Å². The first-order valence-electron chi connectivity index (χ1n) is 7.82. The minimum absolute atomic E-state index is 0.162. The van der Waals surface area contributed by atoms with E-state index in [1.807, 2.05) is 28.9 Å². The third-order valence-corrected chi connectivity index (χ3v) is 3.99. The number of imidazole rings is 1. The fourth-order valence-corrected chi connectivity index (χ4v) is 2.68. The van der Waals surface area contributed by atoms with E-state index >= 15 is 0 Å². The Balaban J connectivity index is 1.79. The van der Waals surface area contributed by atoms with Crippen molar-refractivity contribution in [2.45, 2.75) is 0 Å². The summed E-state index contributed by atoms with van der Waals surface area (Å²) in [5.74, 6) is 0.162. The molecule has 0 amide bonds. The highest BCUT2D eigenvalue weighted by molar-refractivity contribution is 5.86. The molecule has 0 aromatic carbocycles. The molecule has 0 aliphatic rings. The van der Waals surface area contributed by atoms with Gasteiger partial charge < -0.3 is 14.3 Å². The van der Waals surface area contributed by atoms with E-state index < -0.39 is 0 Å². The van der Waals surface area contributed by atoms with Crippen LogP contribution in [-0.2, 0) is 7.05 Å². The molecule has 4 heterocycles. The summed E-state index contributed by atoms with van der Waals surface area (Å²) in [5, 5.41) is 3.04. The van der Waals surface area contributed by atoms with Gasteiger partial charge in [-0.3, -0.25) is 14.6 Å². The van der Waals surface area contributed by atoms with Gasteiger partial charge >= 0.3 is 0 Å². The zero-order valence-corrected chi connectivity index (χ0v) is 13.8. The van der Waals surface area contributed by atoms with Crippen molar-refractivity contribution in [3.05, 3.63) is 71.3 Å². The fourth-order valence-electron chi connectivity index (χ4n) is 2.68. The maximum atomic E-state index is 12.5. The minimum Gasteiger partial charge on any atom is -0.335 e. The fraction of sp³-hybridized carbons (Fsp3) is 0.0556. The minimum atomic E-state index is -0.279. The Hall–Kier alpha value is -3.81. The van der Waals surface area contributed by atoms with Crippen molar-refractivity contribution < 1.29 is 4.79 Å². The number of aldehydes is 1. The predicted octanol–water partition coefficient (Wildman–Crippen LogP) is 2.05. The lowest BCUT2D eigenvalue weighted by Gasteiger charge is -2.11. The van der Waals surface area contributed by atoms with Gasteiger partial charge in [0.25, 0.3) is 5.56 Å². The lowest BCUT2D eigenvalue weighted by atomic mass is 10.1. The topological polar surface area (TPSA) is 94.2 Å². The number of nitrogens with zero attached hydrogens (tertiary/aromatic N) is 5. The number of pyridine rings is 2. The van der Waals surface area contributed by atoms with Gasteiger partial charge in [-0.2, -0.15) is 0 Å². The van der Waals surface area contributed by atoms with Gasteiger partial charge in [0.1, 0.15) is 5.65 Å². The van der Waals surface area contributed by atoms with Crippen molar-refractivity contribution in [2.24, 2.45) is 7.05 Å². The molecule has 0 radical (unpaired) electrons. The molecule has 0 unspecified atom stereocenters. The lowest BCUT2D eigenvalue weighted by molar-refractivity contribution is 0.112. The largest absolute Gasteiger partial charge is 0.335 e. The van der Waals surface area contributed by atoms with E-state index in [4.69, 9.17) is 0 Å². The summed E-state index contributed by atoms with van der Waals surface area (Å²) in [6.45, 7) is 0. The molecule has 4 aromatic heterocycles. The monoisotopic (exact) mass is 346 g/mol. The molecule has 0 saturated carbocycles. The van der Waals surface area contributed by atoms with Crippen molar-refractivity contribution in [2.75, 3.05) is 5.32 Å². The molecule has 0 bridgehead atoms. The summed E-state index contributed by atoms with van der Waals surface area (Å²) in [6.07, 6.45) is 10.7. The second-order valence-electron chi connectivity index (χ2n) is 5.70. The summed E-state index contributed by atoms with van der Waals surface area (Å²) in [5.41, 5.74) is 2.68. The SMILES string of the molecule is Cn1cc(-c2ccncc2C=O)nc(Nc2ccn3ccnc3c2)c1=O. The number of rotatable bonds is 4. The van der Waals surface area contributed by atoms with Crippen LogP contribution < -0.4 is 10.9 Å². The van der Waals surface area contributed by atoms with Crippen molar-refractivity contribution in [1.29, 1.82) is 0 Å². The van der Waals surface area contributed by atoms with Gasteiger partial charge in [0.15, 0.2) is 12.1 Å². The number of fused-ring (bicyclic) bond motifs is 1. The van der Waals surface area contributed by atoms with Gasteiger partial charge in [0.05, 0.1) is 5.69 Å². The second-order valence-corrected chi connectivity index (χ2v) is 5.70. The first kappa shape index (κ1) is 15.7. The zero-order valence-electron chi connectivity index (χ0n) is 13.8. The number of carbonyl (C=O) groups excluding carboxylic acids is 1. The molecular weight excluding hydrogens is 332 g/mol. The van der Waals surface area contributed by atoms with E-state index in [-0.39, 0.29) is 11.4 Å². The molecule has 0 saturated heterocycles. The summed E-state index contributed by atoms with van der Waals surface area (Å²) in [4.78, 5) is 36.3. The van der Waals surface area contributed by atoms with Crippen LogP contribution in [0.25, 0.3) is 16.9 Å². The van der Waals surface area contributed by atoms with E-state index in [2.05, 4.69) is 20.3 Å². The third kappa shape index (κ3) is 2.73. The van der Waals surface area contributed by atoms with E-state index in [0.717, 1.165) is 5.65 Å². The molecule has 1 N–H and O–H groups in total. The van der Waals surface area contributed by atoms with Crippen LogP contribution in [0.5, 0.6) is 0 Å². The summed E-state index contributed by atoms with van der Waals surface area (Å²) >= 11 is 0. The molecule has 8 nitrogen and oxygen atoms in total. The molecule has 4 rings (SSSR count). The highest BCUT2D eigenvalue weighted by atomic mass is 16.1. The number of anilines is 2. The van der Waals surface area contributed by atoms with Crippen molar-refractivity contribution in [1.82, 2.24) is 23.9 Å². The van der Waals surface area contributed by atoms with Crippen LogP contribution in [0.4, 0.5) is 11.5 Å².